The molecular formula is C27H32ClN5O3. The Kier molecular flexibility index (Phi) is 8.40. The number of rotatable bonds is 8. The van der Waals surface area contributed by atoms with Crippen LogP contribution in [0.4, 0.5) is 11.4 Å². The Morgan fingerprint density at radius 2 is 1.81 bits per heavy atom. The van der Waals surface area contributed by atoms with Gasteiger partial charge in [0, 0.05) is 59.7 Å². The van der Waals surface area contributed by atoms with Gasteiger partial charge in [-0.3, -0.25) is 14.7 Å². The van der Waals surface area contributed by atoms with Crippen LogP contribution in [0.3, 0.4) is 0 Å². The minimum absolute atomic E-state index is 0.0943. The highest BCUT2D eigenvalue weighted by molar-refractivity contribution is 6.31. The number of carbonyl (C=O) groups is 2. The molecule has 36 heavy (non-hydrogen) atoms. The van der Waals surface area contributed by atoms with E-state index in [-0.39, 0.29) is 5.91 Å². The number of carbonyl (C=O) groups excluding carboxylic acids is 2. The van der Waals surface area contributed by atoms with Crippen molar-refractivity contribution in [3.05, 3.63) is 64.8 Å². The molecule has 1 aliphatic rings. The first-order valence-electron chi connectivity index (χ1n) is 12.0. The first-order chi connectivity index (χ1) is 17.3. The molecule has 1 N–H and O–H groups in total. The Bertz CT molecular complexity index is 1240. The fraction of sp³-hybridized carbons (Fsp3) is 0.370. The summed E-state index contributed by atoms with van der Waals surface area (Å²) in [6, 6.07) is 12.4. The van der Waals surface area contributed by atoms with Gasteiger partial charge in [-0.1, -0.05) is 11.6 Å². The lowest BCUT2D eigenvalue weighted by Gasteiger charge is -2.35. The molecule has 1 aliphatic heterocycles. The predicted molar refractivity (Wildman–Crippen MR) is 143 cm³/mol. The maximum Gasteiger partial charge on any atom is 0.337 e. The van der Waals surface area contributed by atoms with Gasteiger partial charge in [-0.25, -0.2) is 4.79 Å². The Morgan fingerprint density at radius 1 is 1.06 bits per heavy atom. The highest BCUT2D eigenvalue weighted by Crippen LogP contribution is 2.28. The summed E-state index contributed by atoms with van der Waals surface area (Å²) in [6.07, 6.45) is 2.79. The molecule has 1 aromatic heterocycles. The van der Waals surface area contributed by atoms with Crippen molar-refractivity contribution < 1.29 is 14.3 Å². The number of hydrogen-bond donors (Lipinski definition) is 1. The smallest absolute Gasteiger partial charge is 0.337 e. The third kappa shape index (κ3) is 6.32. The van der Waals surface area contributed by atoms with E-state index in [2.05, 4.69) is 34.2 Å². The van der Waals surface area contributed by atoms with Crippen LogP contribution in [0.25, 0.3) is 10.9 Å². The summed E-state index contributed by atoms with van der Waals surface area (Å²) in [5, 5.41) is 4.83. The van der Waals surface area contributed by atoms with Gasteiger partial charge in [-0.15, -0.1) is 0 Å². The van der Waals surface area contributed by atoms with Crippen LogP contribution in [0.5, 0.6) is 0 Å². The molecule has 190 valence electrons. The number of pyridine rings is 1. The number of halogens is 1. The monoisotopic (exact) mass is 509 g/mol. The van der Waals surface area contributed by atoms with Crippen LogP contribution in [0.1, 0.15) is 27.1 Å². The molecule has 1 amide bonds. The van der Waals surface area contributed by atoms with Crippen molar-refractivity contribution in [2.75, 3.05) is 65.8 Å². The molecular weight excluding hydrogens is 478 g/mol. The van der Waals surface area contributed by atoms with Crippen LogP contribution in [0.15, 0.2) is 48.7 Å². The quantitative estimate of drug-likeness (QED) is 0.457. The Labute approximate surface area is 216 Å². The Balaban J connectivity index is 1.53. The third-order valence-corrected chi connectivity index (χ3v) is 6.56. The van der Waals surface area contributed by atoms with Crippen LogP contribution in [0.2, 0.25) is 5.02 Å². The molecule has 0 radical (unpaired) electrons. The van der Waals surface area contributed by atoms with Crippen LogP contribution in [-0.4, -0.2) is 92.0 Å². The lowest BCUT2D eigenvalue weighted by Crippen LogP contribution is -2.49. The molecule has 2 heterocycles. The fourth-order valence-corrected chi connectivity index (χ4v) is 4.58. The highest BCUT2D eigenvalue weighted by atomic mass is 35.5. The first-order valence-corrected chi connectivity index (χ1v) is 12.4. The first kappa shape index (κ1) is 25.9. The van der Waals surface area contributed by atoms with Gasteiger partial charge in [-0.2, -0.15) is 0 Å². The van der Waals surface area contributed by atoms with E-state index in [1.165, 1.54) is 7.11 Å². The van der Waals surface area contributed by atoms with E-state index in [4.69, 9.17) is 16.3 Å². The van der Waals surface area contributed by atoms with E-state index in [1.807, 2.05) is 17.0 Å². The van der Waals surface area contributed by atoms with Crippen LogP contribution in [-0.2, 0) is 4.74 Å². The van der Waals surface area contributed by atoms with Crippen molar-refractivity contribution in [2.45, 2.75) is 6.42 Å². The number of nitrogens with one attached hydrogen (secondary N) is 1. The number of ether oxygens (including phenoxy) is 1. The minimum Gasteiger partial charge on any atom is -0.465 e. The van der Waals surface area contributed by atoms with E-state index >= 15 is 0 Å². The summed E-state index contributed by atoms with van der Waals surface area (Å²) >= 11 is 6.12. The van der Waals surface area contributed by atoms with E-state index in [9.17, 15) is 9.59 Å². The molecule has 0 bridgehead atoms. The summed E-state index contributed by atoms with van der Waals surface area (Å²) < 4.78 is 4.95. The molecule has 0 atom stereocenters. The average Bonchev–Trinajstić information content (AvgIpc) is 2.87. The number of piperazine rings is 1. The molecule has 1 fully saturated rings. The number of nitrogens with zero attached hydrogens (tertiary/aromatic N) is 4. The zero-order chi connectivity index (χ0) is 25.7. The zero-order valence-corrected chi connectivity index (χ0v) is 21.7. The summed E-state index contributed by atoms with van der Waals surface area (Å²) in [7, 11) is 5.49. The third-order valence-electron chi connectivity index (χ3n) is 6.32. The van der Waals surface area contributed by atoms with Crippen molar-refractivity contribution in [3.63, 3.8) is 0 Å². The lowest BCUT2D eigenvalue weighted by molar-refractivity contribution is 0.0600. The topological polar surface area (TPSA) is 78.0 Å². The van der Waals surface area contributed by atoms with Gasteiger partial charge in [-0.05, 0) is 76.1 Å². The zero-order valence-electron chi connectivity index (χ0n) is 21.0. The number of methoxy groups -OCH3 is 1. The van der Waals surface area contributed by atoms with Crippen molar-refractivity contribution >= 4 is 45.8 Å². The second-order valence-electron chi connectivity index (χ2n) is 9.23. The maximum atomic E-state index is 13.4. The van der Waals surface area contributed by atoms with Gasteiger partial charge in [0.2, 0.25) is 0 Å². The van der Waals surface area contributed by atoms with Gasteiger partial charge in [0.15, 0.2) is 0 Å². The number of hydrogen-bond acceptors (Lipinski definition) is 7. The summed E-state index contributed by atoms with van der Waals surface area (Å²) in [4.78, 5) is 36.6. The molecule has 0 aliphatic carbocycles. The number of amides is 1. The SMILES string of the molecule is COC(=O)c1cc(Nc2ccnc3cc(Cl)ccc23)cc(C(=O)N2CCN(CCCN(C)C)CC2)c1. The number of anilines is 2. The van der Waals surface area contributed by atoms with E-state index in [0.29, 0.717) is 34.9 Å². The second-order valence-corrected chi connectivity index (χ2v) is 9.66. The van der Waals surface area contributed by atoms with E-state index < -0.39 is 5.97 Å². The van der Waals surface area contributed by atoms with Gasteiger partial charge in [0.25, 0.3) is 5.91 Å². The van der Waals surface area contributed by atoms with Crippen molar-refractivity contribution in [1.82, 2.24) is 19.7 Å². The molecule has 8 nitrogen and oxygen atoms in total. The van der Waals surface area contributed by atoms with Crippen molar-refractivity contribution in [3.8, 4) is 0 Å². The molecule has 9 heteroatoms. The van der Waals surface area contributed by atoms with Crippen LogP contribution in [0, 0.1) is 0 Å². The average molecular weight is 510 g/mol. The number of benzene rings is 2. The van der Waals surface area contributed by atoms with E-state index in [0.717, 1.165) is 49.2 Å². The highest BCUT2D eigenvalue weighted by Gasteiger charge is 2.23. The summed E-state index contributed by atoms with van der Waals surface area (Å²) in [5.74, 6) is -0.590. The van der Waals surface area contributed by atoms with Crippen molar-refractivity contribution in [2.24, 2.45) is 0 Å². The van der Waals surface area contributed by atoms with Crippen molar-refractivity contribution in [1.29, 1.82) is 0 Å². The van der Waals surface area contributed by atoms with Gasteiger partial charge in [0.05, 0.1) is 18.2 Å². The lowest BCUT2D eigenvalue weighted by atomic mass is 10.1. The maximum absolute atomic E-state index is 13.4. The van der Waals surface area contributed by atoms with E-state index in [1.54, 1.807) is 36.5 Å². The molecule has 0 spiro atoms. The molecule has 4 rings (SSSR count). The van der Waals surface area contributed by atoms with Crippen LogP contribution >= 0.6 is 11.6 Å². The number of aromatic nitrogens is 1. The van der Waals surface area contributed by atoms with Gasteiger partial charge >= 0.3 is 5.97 Å². The molecule has 0 saturated carbocycles. The largest absolute Gasteiger partial charge is 0.465 e. The number of esters is 1. The molecule has 3 aromatic rings. The predicted octanol–water partition coefficient (Wildman–Crippen LogP) is 4.13. The van der Waals surface area contributed by atoms with Gasteiger partial charge in [0.1, 0.15) is 0 Å². The molecule has 2 aromatic carbocycles. The molecule has 0 unspecified atom stereocenters. The molecule has 1 saturated heterocycles. The standard InChI is InChI=1S/C27H32ClN5O3/c1-31(2)9-4-10-32-11-13-33(14-12-32)26(34)19-15-20(27(35)36-3)17-22(16-19)30-24-7-8-29-25-18-21(28)5-6-23(24)25/h5-8,15-18H,4,9-14H2,1-3H3,(H,29,30). The Hall–Kier alpha value is -3.20. The van der Waals surface area contributed by atoms with Gasteiger partial charge < -0.3 is 19.9 Å². The number of fused-ring (bicyclic) bond motifs is 1. The summed E-state index contributed by atoms with van der Waals surface area (Å²) in [5.41, 5.74) is 2.92. The van der Waals surface area contributed by atoms with Crippen LogP contribution < -0.4 is 5.32 Å². The second kappa shape index (κ2) is 11.7. The normalized spacial score (nSPS) is 14.3. The minimum atomic E-state index is -0.496. The Morgan fingerprint density at radius 3 is 2.53 bits per heavy atom. The summed E-state index contributed by atoms with van der Waals surface area (Å²) in [6.45, 7) is 5.06. The fourth-order valence-electron chi connectivity index (χ4n) is 4.41.